The fourth-order valence-electron chi connectivity index (χ4n) is 2.69. The van der Waals surface area contributed by atoms with Gasteiger partial charge in [0.2, 0.25) is 0 Å². The van der Waals surface area contributed by atoms with E-state index in [0.717, 1.165) is 30.8 Å². The smallest absolute Gasteiger partial charge is 0.387 e. The number of anilines is 1. The van der Waals surface area contributed by atoms with E-state index in [9.17, 15) is 8.78 Å². The highest BCUT2D eigenvalue weighted by Gasteiger charge is 2.22. The van der Waals surface area contributed by atoms with Gasteiger partial charge < -0.3 is 15.0 Å². The maximum atomic E-state index is 12.1. The van der Waals surface area contributed by atoms with Crippen molar-refractivity contribution in [2.24, 2.45) is 5.92 Å². The number of halogens is 2. The van der Waals surface area contributed by atoms with E-state index in [4.69, 9.17) is 5.73 Å². The molecule has 0 saturated heterocycles. The lowest BCUT2D eigenvalue weighted by molar-refractivity contribution is -0.0498. The van der Waals surface area contributed by atoms with E-state index in [2.05, 4.69) is 16.6 Å². The van der Waals surface area contributed by atoms with Gasteiger partial charge in [-0.15, -0.1) is 0 Å². The maximum absolute atomic E-state index is 12.1. The number of hydrogen-bond acceptors (Lipinski definition) is 3. The van der Waals surface area contributed by atoms with Crippen LogP contribution in [0.25, 0.3) is 11.3 Å². The normalized spacial score (nSPS) is 17.8. The Kier molecular flexibility index (Phi) is 3.53. The van der Waals surface area contributed by atoms with Gasteiger partial charge in [-0.25, -0.2) is 4.98 Å². The molecule has 0 radical (unpaired) electrons. The van der Waals surface area contributed by atoms with Crippen molar-refractivity contribution >= 4 is 5.82 Å². The van der Waals surface area contributed by atoms with Crippen LogP contribution in [0.5, 0.6) is 5.75 Å². The van der Waals surface area contributed by atoms with Crippen LogP contribution in [-0.2, 0) is 13.0 Å². The Balaban J connectivity index is 1.90. The van der Waals surface area contributed by atoms with E-state index in [0.29, 0.717) is 17.4 Å². The van der Waals surface area contributed by atoms with Crippen LogP contribution in [0.3, 0.4) is 0 Å². The lowest BCUT2D eigenvalue weighted by atomic mass is 10.0. The van der Waals surface area contributed by atoms with Crippen molar-refractivity contribution in [1.29, 1.82) is 0 Å². The molecule has 112 valence electrons. The first-order chi connectivity index (χ1) is 10.0. The van der Waals surface area contributed by atoms with E-state index in [1.807, 2.05) is 4.57 Å². The largest absolute Gasteiger partial charge is 0.435 e. The number of fused-ring (bicyclic) bond motifs is 1. The number of nitrogens with two attached hydrogens (primary N) is 1. The minimum absolute atomic E-state index is 0.130. The molecule has 2 heterocycles. The number of hydrogen-bond donors (Lipinski definition) is 1. The van der Waals surface area contributed by atoms with Crippen LogP contribution in [0, 0.1) is 5.92 Å². The van der Waals surface area contributed by atoms with Crippen molar-refractivity contribution in [2.75, 3.05) is 5.73 Å². The average molecular weight is 293 g/mol. The van der Waals surface area contributed by atoms with E-state index >= 15 is 0 Å². The third-order valence-electron chi connectivity index (χ3n) is 3.82. The Labute approximate surface area is 121 Å². The molecule has 4 nitrogen and oxygen atoms in total. The second kappa shape index (κ2) is 5.35. The Hall–Kier alpha value is -2.11. The number of imidazole rings is 1. The molecule has 1 aliphatic rings. The van der Waals surface area contributed by atoms with Gasteiger partial charge in [-0.2, -0.15) is 8.78 Å². The summed E-state index contributed by atoms with van der Waals surface area (Å²) in [5.74, 6) is 2.37. The van der Waals surface area contributed by atoms with Gasteiger partial charge in [-0.3, -0.25) is 0 Å². The summed E-state index contributed by atoms with van der Waals surface area (Å²) in [6.45, 7) is 0.259. The van der Waals surface area contributed by atoms with Gasteiger partial charge in [0, 0.05) is 18.5 Å². The molecule has 1 unspecified atom stereocenters. The predicted octanol–water partition coefficient (Wildman–Crippen LogP) is 3.32. The first-order valence-corrected chi connectivity index (χ1v) is 6.94. The summed E-state index contributed by atoms with van der Waals surface area (Å²) >= 11 is 0. The van der Waals surface area contributed by atoms with Crippen molar-refractivity contribution in [1.82, 2.24) is 9.55 Å². The van der Waals surface area contributed by atoms with E-state index < -0.39 is 6.61 Å². The lowest BCUT2D eigenvalue weighted by Gasteiger charge is -2.20. The molecular formula is C15H17F2N3O. The molecule has 21 heavy (non-hydrogen) atoms. The number of rotatable bonds is 3. The third kappa shape index (κ3) is 2.70. The zero-order valence-electron chi connectivity index (χ0n) is 11.7. The molecule has 0 spiro atoms. The highest BCUT2D eigenvalue weighted by atomic mass is 19.3. The van der Waals surface area contributed by atoms with Crippen molar-refractivity contribution in [3.05, 3.63) is 30.1 Å². The third-order valence-corrected chi connectivity index (χ3v) is 3.82. The second-order valence-electron chi connectivity index (χ2n) is 5.41. The van der Waals surface area contributed by atoms with Crippen molar-refractivity contribution in [3.63, 3.8) is 0 Å². The quantitative estimate of drug-likeness (QED) is 0.944. The molecule has 6 heteroatoms. The van der Waals surface area contributed by atoms with Crippen molar-refractivity contribution in [3.8, 4) is 17.0 Å². The molecular weight excluding hydrogens is 276 g/mol. The summed E-state index contributed by atoms with van der Waals surface area (Å²) in [7, 11) is 0. The predicted molar refractivity (Wildman–Crippen MR) is 76.2 cm³/mol. The van der Waals surface area contributed by atoms with Gasteiger partial charge in [0.1, 0.15) is 23.1 Å². The molecule has 0 fully saturated rings. The summed E-state index contributed by atoms with van der Waals surface area (Å²) in [6.07, 6.45) is 2.00. The Morgan fingerprint density at radius 1 is 1.33 bits per heavy atom. The van der Waals surface area contributed by atoms with Gasteiger partial charge in [0.05, 0.1) is 0 Å². The zero-order valence-corrected chi connectivity index (χ0v) is 11.7. The monoisotopic (exact) mass is 293 g/mol. The molecule has 2 aromatic rings. The molecule has 2 N–H and O–H groups in total. The fraction of sp³-hybridized carbons (Fsp3) is 0.400. The molecule has 1 aliphatic heterocycles. The molecule has 3 rings (SSSR count). The van der Waals surface area contributed by atoms with Crippen LogP contribution in [-0.4, -0.2) is 16.2 Å². The highest BCUT2D eigenvalue weighted by molar-refractivity contribution is 5.71. The number of ether oxygens (including phenoxy) is 1. The molecule has 0 saturated carbocycles. The van der Waals surface area contributed by atoms with E-state index in [-0.39, 0.29) is 5.75 Å². The minimum atomic E-state index is -2.82. The van der Waals surface area contributed by atoms with Crippen molar-refractivity contribution < 1.29 is 13.5 Å². The topological polar surface area (TPSA) is 53.1 Å². The summed E-state index contributed by atoms with van der Waals surface area (Å²) in [4.78, 5) is 4.61. The molecule has 1 aromatic carbocycles. The number of aromatic nitrogens is 2. The van der Waals surface area contributed by atoms with Crippen LogP contribution < -0.4 is 10.5 Å². The highest BCUT2D eigenvalue weighted by Crippen LogP contribution is 2.31. The molecule has 0 amide bonds. The summed E-state index contributed by atoms with van der Waals surface area (Å²) in [5.41, 5.74) is 7.69. The Morgan fingerprint density at radius 3 is 2.71 bits per heavy atom. The van der Waals surface area contributed by atoms with Gasteiger partial charge in [-0.05, 0) is 36.6 Å². The number of benzene rings is 1. The van der Waals surface area contributed by atoms with Crippen LogP contribution in [0.2, 0.25) is 0 Å². The molecule has 1 aromatic heterocycles. The van der Waals surface area contributed by atoms with Crippen LogP contribution >= 0.6 is 0 Å². The Bertz CT molecular complexity index is 637. The summed E-state index contributed by atoms with van der Waals surface area (Å²) in [6, 6.07) is 6.40. The number of nitrogen functional groups attached to an aromatic ring is 1. The number of alkyl halides is 2. The van der Waals surface area contributed by atoms with E-state index in [1.54, 1.807) is 12.1 Å². The molecule has 1 atom stereocenters. The zero-order chi connectivity index (χ0) is 15.0. The van der Waals surface area contributed by atoms with Gasteiger partial charge in [0.15, 0.2) is 0 Å². The first-order valence-electron chi connectivity index (χ1n) is 6.94. The number of nitrogens with zero attached hydrogens (tertiary/aromatic N) is 2. The van der Waals surface area contributed by atoms with Gasteiger partial charge >= 0.3 is 6.61 Å². The molecule has 0 aliphatic carbocycles. The van der Waals surface area contributed by atoms with Crippen LogP contribution in [0.1, 0.15) is 19.2 Å². The van der Waals surface area contributed by atoms with Gasteiger partial charge in [0.25, 0.3) is 0 Å². The fourth-order valence-corrected chi connectivity index (χ4v) is 2.69. The Morgan fingerprint density at radius 2 is 2.05 bits per heavy atom. The van der Waals surface area contributed by atoms with Crippen molar-refractivity contribution in [2.45, 2.75) is 32.9 Å². The second-order valence-corrected chi connectivity index (χ2v) is 5.41. The average Bonchev–Trinajstić information content (AvgIpc) is 2.75. The van der Waals surface area contributed by atoms with Crippen LogP contribution in [0.15, 0.2) is 24.3 Å². The lowest BCUT2D eigenvalue weighted by Crippen LogP contribution is -2.18. The summed E-state index contributed by atoms with van der Waals surface area (Å²) < 4.78 is 30.7. The minimum Gasteiger partial charge on any atom is -0.435 e. The van der Waals surface area contributed by atoms with E-state index in [1.165, 1.54) is 12.1 Å². The summed E-state index contributed by atoms with van der Waals surface area (Å²) in [5, 5.41) is 0. The standard InChI is InChI=1S/C15H17F2N3O/c1-9-6-7-20-12(8-9)19-13(14(20)18)10-2-4-11(5-3-10)21-15(16)17/h2-5,9,15H,6-8,18H2,1H3. The molecule has 0 bridgehead atoms. The van der Waals surface area contributed by atoms with Gasteiger partial charge in [-0.1, -0.05) is 6.92 Å². The SMILES string of the molecule is CC1CCn2c(nc(-c3ccc(OC(F)F)cc3)c2N)C1. The van der Waals surface area contributed by atoms with Crippen LogP contribution in [0.4, 0.5) is 14.6 Å². The first kappa shape index (κ1) is 13.9. The maximum Gasteiger partial charge on any atom is 0.387 e.